The molecule has 3 nitrogen and oxygen atoms in total. The molecule has 0 aliphatic carbocycles. The summed E-state index contributed by atoms with van der Waals surface area (Å²) in [5, 5.41) is 3.47. The van der Waals surface area contributed by atoms with Crippen molar-refractivity contribution in [2.24, 2.45) is 0 Å². The molecule has 0 radical (unpaired) electrons. The molecule has 0 spiro atoms. The number of hydrogen-bond acceptors (Lipinski definition) is 3. The van der Waals surface area contributed by atoms with Gasteiger partial charge in [-0.15, -0.1) is 0 Å². The zero-order chi connectivity index (χ0) is 12.8. The van der Waals surface area contributed by atoms with E-state index in [0.717, 1.165) is 24.5 Å². The molecule has 2 aromatic rings. The Bertz CT molecular complexity index is 465. The normalized spacial score (nSPS) is 12.3. The minimum Gasteiger partial charge on any atom is -0.497 e. The molecule has 1 aromatic heterocycles. The first kappa shape index (κ1) is 12.7. The van der Waals surface area contributed by atoms with Gasteiger partial charge in [-0.1, -0.05) is 12.1 Å². The van der Waals surface area contributed by atoms with Crippen LogP contribution in [0.5, 0.6) is 5.75 Å². The van der Waals surface area contributed by atoms with E-state index in [-0.39, 0.29) is 0 Å². The van der Waals surface area contributed by atoms with Crippen LogP contribution in [0.1, 0.15) is 24.3 Å². The summed E-state index contributed by atoms with van der Waals surface area (Å²) in [5.74, 6) is 1.91. The Morgan fingerprint density at radius 3 is 2.89 bits per heavy atom. The number of ether oxygens (including phenoxy) is 1. The number of hydrogen-bond donors (Lipinski definition) is 1. The fraction of sp³-hybridized carbons (Fsp3) is 0.333. The minimum atomic E-state index is 0.301. The van der Waals surface area contributed by atoms with Gasteiger partial charge < -0.3 is 14.5 Å². The topological polar surface area (TPSA) is 34.4 Å². The molecule has 0 saturated carbocycles. The lowest BCUT2D eigenvalue weighted by molar-refractivity contribution is 0.413. The van der Waals surface area contributed by atoms with Crippen molar-refractivity contribution >= 4 is 0 Å². The Kier molecular flexibility index (Phi) is 4.42. The van der Waals surface area contributed by atoms with Crippen molar-refractivity contribution in [1.29, 1.82) is 0 Å². The summed E-state index contributed by atoms with van der Waals surface area (Å²) in [6.07, 6.45) is 2.61. The van der Waals surface area contributed by atoms with Crippen LogP contribution in [0.3, 0.4) is 0 Å². The largest absolute Gasteiger partial charge is 0.497 e. The molecule has 2 rings (SSSR count). The Morgan fingerprint density at radius 2 is 2.17 bits per heavy atom. The minimum absolute atomic E-state index is 0.301. The first-order chi connectivity index (χ1) is 8.79. The number of nitrogens with one attached hydrogen (secondary N) is 1. The maximum Gasteiger partial charge on any atom is 0.119 e. The van der Waals surface area contributed by atoms with E-state index in [1.807, 2.05) is 24.3 Å². The van der Waals surface area contributed by atoms with Gasteiger partial charge in [0.05, 0.1) is 13.4 Å². The molecule has 1 atom stereocenters. The third-order valence-corrected chi connectivity index (χ3v) is 3.00. The molecule has 18 heavy (non-hydrogen) atoms. The van der Waals surface area contributed by atoms with Crippen LogP contribution in [0.25, 0.3) is 0 Å². The Balaban J connectivity index is 1.85. The highest BCUT2D eigenvalue weighted by atomic mass is 16.5. The lowest BCUT2D eigenvalue weighted by Gasteiger charge is -2.14. The molecule has 0 aliphatic rings. The molecule has 3 heteroatoms. The summed E-state index contributed by atoms with van der Waals surface area (Å²) in [4.78, 5) is 0. The SMILES string of the molecule is COc1cccc(C(C)NCCc2ccco2)c1. The highest BCUT2D eigenvalue weighted by molar-refractivity contribution is 5.30. The highest BCUT2D eigenvalue weighted by Gasteiger charge is 2.05. The number of rotatable bonds is 6. The molecule has 0 saturated heterocycles. The van der Waals surface area contributed by atoms with Gasteiger partial charge >= 0.3 is 0 Å². The van der Waals surface area contributed by atoms with Crippen molar-refractivity contribution in [3.63, 3.8) is 0 Å². The van der Waals surface area contributed by atoms with Crippen LogP contribution in [0.15, 0.2) is 47.1 Å². The molecule has 0 fully saturated rings. The van der Waals surface area contributed by atoms with Gasteiger partial charge in [0.1, 0.15) is 11.5 Å². The van der Waals surface area contributed by atoms with Crippen LogP contribution in [0.2, 0.25) is 0 Å². The molecule has 1 heterocycles. The van der Waals surface area contributed by atoms with Gasteiger partial charge in [-0.3, -0.25) is 0 Å². The van der Waals surface area contributed by atoms with Crippen molar-refractivity contribution in [3.05, 3.63) is 54.0 Å². The van der Waals surface area contributed by atoms with E-state index >= 15 is 0 Å². The maximum atomic E-state index is 5.30. The highest BCUT2D eigenvalue weighted by Crippen LogP contribution is 2.18. The summed E-state index contributed by atoms with van der Waals surface area (Å²) in [6, 6.07) is 12.4. The van der Waals surface area contributed by atoms with Gasteiger partial charge in [0.25, 0.3) is 0 Å². The molecule has 1 N–H and O–H groups in total. The van der Waals surface area contributed by atoms with Crippen molar-refractivity contribution in [3.8, 4) is 5.75 Å². The van der Waals surface area contributed by atoms with E-state index in [1.54, 1.807) is 13.4 Å². The molecule has 0 aliphatic heterocycles. The summed E-state index contributed by atoms with van der Waals surface area (Å²) in [7, 11) is 1.69. The van der Waals surface area contributed by atoms with E-state index in [0.29, 0.717) is 6.04 Å². The van der Waals surface area contributed by atoms with Crippen LogP contribution < -0.4 is 10.1 Å². The first-order valence-corrected chi connectivity index (χ1v) is 6.19. The lowest BCUT2D eigenvalue weighted by atomic mass is 10.1. The Morgan fingerprint density at radius 1 is 1.28 bits per heavy atom. The van der Waals surface area contributed by atoms with Crippen LogP contribution >= 0.6 is 0 Å². The van der Waals surface area contributed by atoms with Gasteiger partial charge in [0.15, 0.2) is 0 Å². The standard InChI is InChI=1S/C15H19NO2/c1-12(13-5-3-6-15(11-13)17-2)16-9-8-14-7-4-10-18-14/h3-7,10-12,16H,8-9H2,1-2H3. The van der Waals surface area contributed by atoms with Crippen LogP contribution in [0.4, 0.5) is 0 Å². The predicted octanol–water partition coefficient (Wildman–Crippen LogP) is 3.18. The molecule has 0 bridgehead atoms. The van der Waals surface area contributed by atoms with Gasteiger partial charge in [-0.2, -0.15) is 0 Å². The zero-order valence-electron chi connectivity index (χ0n) is 10.8. The lowest BCUT2D eigenvalue weighted by Crippen LogP contribution is -2.21. The first-order valence-electron chi connectivity index (χ1n) is 6.19. The molecule has 96 valence electrons. The van der Waals surface area contributed by atoms with Crippen molar-refractivity contribution in [2.45, 2.75) is 19.4 Å². The maximum absolute atomic E-state index is 5.30. The monoisotopic (exact) mass is 245 g/mol. The number of furan rings is 1. The van der Waals surface area contributed by atoms with Gasteiger partial charge in [0, 0.05) is 19.0 Å². The Hall–Kier alpha value is -1.74. The average molecular weight is 245 g/mol. The van der Waals surface area contributed by atoms with E-state index in [1.165, 1.54) is 5.56 Å². The number of benzene rings is 1. The molecular weight excluding hydrogens is 226 g/mol. The summed E-state index contributed by atoms with van der Waals surface area (Å²) in [5.41, 5.74) is 1.23. The van der Waals surface area contributed by atoms with E-state index in [9.17, 15) is 0 Å². The van der Waals surface area contributed by atoms with E-state index < -0.39 is 0 Å². The van der Waals surface area contributed by atoms with Crippen molar-refractivity contribution in [1.82, 2.24) is 5.32 Å². The fourth-order valence-corrected chi connectivity index (χ4v) is 1.90. The second kappa shape index (κ2) is 6.26. The van der Waals surface area contributed by atoms with Gasteiger partial charge in [0.2, 0.25) is 0 Å². The van der Waals surface area contributed by atoms with E-state index in [2.05, 4.69) is 24.4 Å². The molecule has 1 unspecified atom stereocenters. The van der Waals surface area contributed by atoms with Crippen molar-refractivity contribution < 1.29 is 9.15 Å². The zero-order valence-corrected chi connectivity index (χ0v) is 10.8. The molecular formula is C15H19NO2. The second-order valence-corrected chi connectivity index (χ2v) is 4.28. The molecule has 1 aromatic carbocycles. The smallest absolute Gasteiger partial charge is 0.119 e. The third kappa shape index (κ3) is 3.37. The van der Waals surface area contributed by atoms with Crippen LogP contribution in [0, 0.1) is 0 Å². The number of methoxy groups -OCH3 is 1. The van der Waals surface area contributed by atoms with Gasteiger partial charge in [-0.05, 0) is 36.8 Å². The quantitative estimate of drug-likeness (QED) is 0.848. The summed E-state index contributed by atoms with van der Waals surface area (Å²) < 4.78 is 10.5. The average Bonchev–Trinajstić information content (AvgIpc) is 2.92. The fourth-order valence-electron chi connectivity index (χ4n) is 1.90. The van der Waals surface area contributed by atoms with E-state index in [4.69, 9.17) is 9.15 Å². The predicted molar refractivity (Wildman–Crippen MR) is 71.8 cm³/mol. The molecule has 0 amide bonds. The van der Waals surface area contributed by atoms with Crippen LogP contribution in [-0.4, -0.2) is 13.7 Å². The van der Waals surface area contributed by atoms with Crippen molar-refractivity contribution in [2.75, 3.05) is 13.7 Å². The Labute approximate surface area is 108 Å². The second-order valence-electron chi connectivity index (χ2n) is 4.28. The van der Waals surface area contributed by atoms with Crippen LogP contribution in [-0.2, 0) is 6.42 Å². The third-order valence-electron chi connectivity index (χ3n) is 3.00. The summed E-state index contributed by atoms with van der Waals surface area (Å²) in [6.45, 7) is 3.04. The van der Waals surface area contributed by atoms with Gasteiger partial charge in [-0.25, -0.2) is 0 Å². The summed E-state index contributed by atoms with van der Waals surface area (Å²) >= 11 is 0.